The maximum atomic E-state index is 11.5. The maximum absolute atomic E-state index is 11.5. The Morgan fingerprint density at radius 2 is 1.83 bits per heavy atom. The topological polar surface area (TPSA) is 116 Å². The van der Waals surface area contributed by atoms with Crippen LogP contribution in [0.2, 0.25) is 0 Å². The molecule has 2 rings (SSSR count). The first-order valence-corrected chi connectivity index (χ1v) is 5.17. The lowest BCUT2D eigenvalue weighted by atomic mass is 10.2. The molecule has 94 valence electrons. The highest BCUT2D eigenvalue weighted by molar-refractivity contribution is 5.55. The van der Waals surface area contributed by atoms with Gasteiger partial charge in [-0.2, -0.15) is 0 Å². The monoisotopic (exact) mass is 248 g/mol. The average Bonchev–Trinajstić information content (AvgIpc) is 2.37. The van der Waals surface area contributed by atoms with Crippen LogP contribution in [-0.2, 0) is 6.61 Å². The van der Waals surface area contributed by atoms with Crippen LogP contribution < -0.4 is 27.6 Å². The van der Waals surface area contributed by atoms with Crippen LogP contribution in [0.4, 0.5) is 11.5 Å². The molecule has 0 amide bonds. The molecule has 7 heteroatoms. The number of nitrogens with zero attached hydrogens (tertiary/aromatic N) is 1. The average molecular weight is 248 g/mol. The molecule has 0 radical (unpaired) electrons. The van der Waals surface area contributed by atoms with Crippen LogP contribution in [0.5, 0.6) is 0 Å². The second kappa shape index (κ2) is 4.66. The molecular formula is C11H12N4O3. The molecule has 0 saturated heterocycles. The van der Waals surface area contributed by atoms with Crippen molar-refractivity contribution in [2.75, 3.05) is 11.5 Å². The highest BCUT2D eigenvalue weighted by atomic mass is 16.7. The van der Waals surface area contributed by atoms with E-state index in [0.29, 0.717) is 0 Å². The summed E-state index contributed by atoms with van der Waals surface area (Å²) in [4.78, 5) is 29.9. The highest BCUT2D eigenvalue weighted by Gasteiger charge is 2.09. The number of anilines is 2. The van der Waals surface area contributed by atoms with Gasteiger partial charge in [0, 0.05) is 0 Å². The molecule has 0 fully saturated rings. The lowest BCUT2D eigenvalue weighted by molar-refractivity contribution is 0.0910. The predicted octanol–water partition coefficient (Wildman–Crippen LogP) is -0.670. The fourth-order valence-corrected chi connectivity index (χ4v) is 1.39. The van der Waals surface area contributed by atoms with E-state index in [1.54, 1.807) is 0 Å². The Hall–Kier alpha value is -2.70. The fraction of sp³-hybridized carbons (Fsp3) is 0.0909. The summed E-state index contributed by atoms with van der Waals surface area (Å²) in [7, 11) is 0. The van der Waals surface area contributed by atoms with E-state index in [1.165, 1.54) is 0 Å². The van der Waals surface area contributed by atoms with Gasteiger partial charge in [-0.1, -0.05) is 30.3 Å². The number of benzene rings is 1. The van der Waals surface area contributed by atoms with Crippen molar-refractivity contribution in [1.82, 2.24) is 9.71 Å². The number of nitrogen functional groups attached to an aromatic ring is 2. The smallest absolute Gasteiger partial charge is 0.363 e. The first-order valence-electron chi connectivity index (χ1n) is 5.17. The van der Waals surface area contributed by atoms with Gasteiger partial charge in [-0.3, -0.25) is 9.78 Å². The van der Waals surface area contributed by atoms with Crippen LogP contribution in [0.25, 0.3) is 0 Å². The van der Waals surface area contributed by atoms with Crippen molar-refractivity contribution >= 4 is 11.5 Å². The molecular weight excluding hydrogens is 236 g/mol. The molecule has 1 aromatic carbocycles. The molecule has 0 bridgehead atoms. The second-order valence-electron chi connectivity index (χ2n) is 3.61. The van der Waals surface area contributed by atoms with Crippen molar-refractivity contribution in [2.24, 2.45) is 0 Å². The highest BCUT2D eigenvalue weighted by Crippen LogP contribution is 2.04. The van der Waals surface area contributed by atoms with Gasteiger partial charge in [0.15, 0.2) is 5.82 Å². The Bertz CT molecular complexity index is 660. The van der Waals surface area contributed by atoms with Crippen LogP contribution in [0.15, 0.2) is 39.9 Å². The SMILES string of the molecule is Nc1c(N)n(OCc2ccccc2)c(=O)[nH]c1=O. The van der Waals surface area contributed by atoms with Crippen LogP contribution in [-0.4, -0.2) is 9.71 Å². The number of H-pyrrole nitrogens is 1. The van der Waals surface area contributed by atoms with Gasteiger partial charge in [-0.05, 0) is 5.56 Å². The number of hydrogen-bond donors (Lipinski definition) is 3. The number of hydrogen-bond acceptors (Lipinski definition) is 5. The van der Waals surface area contributed by atoms with E-state index in [4.69, 9.17) is 16.3 Å². The minimum atomic E-state index is -0.761. The number of aromatic amines is 1. The number of nitrogens with two attached hydrogens (primary N) is 2. The normalized spacial score (nSPS) is 10.2. The minimum absolute atomic E-state index is 0.135. The molecule has 0 saturated carbocycles. The van der Waals surface area contributed by atoms with Crippen molar-refractivity contribution in [3.05, 3.63) is 56.7 Å². The third-order valence-corrected chi connectivity index (χ3v) is 2.35. The number of rotatable bonds is 3. The molecule has 0 aliphatic heterocycles. The molecule has 0 unspecified atom stereocenters. The van der Waals surface area contributed by atoms with E-state index in [2.05, 4.69) is 0 Å². The van der Waals surface area contributed by atoms with Crippen molar-refractivity contribution in [3.8, 4) is 0 Å². The van der Waals surface area contributed by atoms with Crippen molar-refractivity contribution < 1.29 is 4.84 Å². The maximum Gasteiger partial charge on any atom is 0.363 e. The van der Waals surface area contributed by atoms with Gasteiger partial charge in [-0.15, -0.1) is 4.73 Å². The number of nitrogens with one attached hydrogen (secondary N) is 1. The quantitative estimate of drug-likeness (QED) is 0.666. The Labute approximate surface area is 102 Å². The van der Waals surface area contributed by atoms with Gasteiger partial charge in [0.25, 0.3) is 5.56 Å². The van der Waals surface area contributed by atoms with E-state index >= 15 is 0 Å². The molecule has 2 aromatic rings. The first kappa shape index (κ1) is 11.8. The zero-order valence-electron chi connectivity index (χ0n) is 9.42. The van der Waals surface area contributed by atoms with Crippen molar-refractivity contribution in [1.29, 1.82) is 0 Å². The van der Waals surface area contributed by atoms with Gasteiger partial charge in [0.1, 0.15) is 12.3 Å². The van der Waals surface area contributed by atoms with Crippen LogP contribution in [0, 0.1) is 0 Å². The van der Waals surface area contributed by atoms with Gasteiger partial charge in [0.05, 0.1) is 0 Å². The zero-order valence-corrected chi connectivity index (χ0v) is 9.42. The van der Waals surface area contributed by atoms with E-state index in [-0.39, 0.29) is 18.1 Å². The molecule has 18 heavy (non-hydrogen) atoms. The van der Waals surface area contributed by atoms with E-state index in [9.17, 15) is 9.59 Å². The summed E-state index contributed by atoms with van der Waals surface area (Å²) in [6.45, 7) is 0.135. The third-order valence-electron chi connectivity index (χ3n) is 2.35. The summed E-state index contributed by atoms with van der Waals surface area (Å²) in [5, 5.41) is 0. The molecule has 5 N–H and O–H groups in total. The Kier molecular flexibility index (Phi) is 3.05. The summed E-state index contributed by atoms with van der Waals surface area (Å²) < 4.78 is 0.768. The zero-order chi connectivity index (χ0) is 13.1. The van der Waals surface area contributed by atoms with Gasteiger partial charge < -0.3 is 16.3 Å². The van der Waals surface area contributed by atoms with E-state index in [1.807, 2.05) is 35.3 Å². The van der Waals surface area contributed by atoms with Crippen LogP contribution in [0.1, 0.15) is 5.56 Å². The summed E-state index contributed by atoms with van der Waals surface area (Å²) in [5.41, 5.74) is 10.1. The predicted molar refractivity (Wildman–Crippen MR) is 66.9 cm³/mol. The largest absolute Gasteiger partial charge is 0.403 e. The molecule has 0 aliphatic rings. The summed E-state index contributed by atoms with van der Waals surface area (Å²) in [6, 6.07) is 9.20. The molecule has 0 aliphatic carbocycles. The Morgan fingerprint density at radius 3 is 2.50 bits per heavy atom. The van der Waals surface area contributed by atoms with E-state index < -0.39 is 11.2 Å². The second-order valence-corrected chi connectivity index (χ2v) is 3.61. The molecule has 0 atom stereocenters. The standard InChI is InChI=1S/C11H12N4O3/c12-8-9(13)15(11(17)14-10(8)16)18-6-7-4-2-1-3-5-7/h1-5H,6,12-13H2,(H,14,16,17). The van der Waals surface area contributed by atoms with Crippen molar-refractivity contribution in [2.45, 2.75) is 6.61 Å². The lowest BCUT2D eigenvalue weighted by Crippen LogP contribution is -2.37. The summed E-state index contributed by atoms with van der Waals surface area (Å²) in [5.74, 6) is -0.209. The minimum Gasteiger partial charge on any atom is -0.403 e. The van der Waals surface area contributed by atoms with Gasteiger partial charge in [-0.25, -0.2) is 4.79 Å². The summed E-state index contributed by atoms with van der Waals surface area (Å²) in [6.07, 6.45) is 0. The fourth-order valence-electron chi connectivity index (χ4n) is 1.39. The van der Waals surface area contributed by atoms with E-state index in [0.717, 1.165) is 10.3 Å². The first-order chi connectivity index (χ1) is 8.59. The Morgan fingerprint density at radius 1 is 1.17 bits per heavy atom. The van der Waals surface area contributed by atoms with Crippen LogP contribution >= 0.6 is 0 Å². The van der Waals surface area contributed by atoms with Gasteiger partial charge in [0.2, 0.25) is 0 Å². The third kappa shape index (κ3) is 2.19. The Balaban J connectivity index is 2.28. The molecule has 0 spiro atoms. The van der Waals surface area contributed by atoms with Crippen LogP contribution in [0.3, 0.4) is 0 Å². The molecule has 1 aromatic heterocycles. The lowest BCUT2D eigenvalue weighted by Gasteiger charge is -2.11. The molecule has 7 nitrogen and oxygen atoms in total. The number of aromatic nitrogens is 2. The summed E-state index contributed by atoms with van der Waals surface area (Å²) >= 11 is 0. The van der Waals surface area contributed by atoms with Gasteiger partial charge >= 0.3 is 5.69 Å². The molecule has 1 heterocycles. The van der Waals surface area contributed by atoms with Crippen molar-refractivity contribution in [3.63, 3.8) is 0 Å².